The molecule has 0 unspecified atom stereocenters. The first-order chi connectivity index (χ1) is 19.3. The highest BCUT2D eigenvalue weighted by molar-refractivity contribution is 5.93. The minimum Gasteiger partial charge on any atom is -0.359 e. The number of benzene rings is 1. The molecule has 0 aliphatic rings. The van der Waals surface area contributed by atoms with E-state index in [0.29, 0.717) is 39.3 Å². The van der Waals surface area contributed by atoms with E-state index in [0.717, 1.165) is 34.3 Å². The van der Waals surface area contributed by atoms with E-state index in [9.17, 15) is 0 Å². The summed E-state index contributed by atoms with van der Waals surface area (Å²) in [5.41, 5.74) is 6.29. The standard InChI is InChI=1S/C33H35FN6/c1-8-23(19-25(9-2)36-21(6)18-20(4)5)22(7)30(34)29-27(10-3)39-40-32(29)33-37-28-13-11-12-26(31(28)38-33)24-14-16-35-17-15-24/h8-17,19-20,36,39H,2,6-7,18H2,1,3-5H3,(H,37,38)/b23-8+,25-19+,27-10+,30-29-. The van der Waals surface area contributed by atoms with Gasteiger partial charge in [0, 0.05) is 34.9 Å². The van der Waals surface area contributed by atoms with Crippen LogP contribution in [0.2, 0.25) is 0 Å². The molecule has 0 bridgehead atoms. The van der Waals surface area contributed by atoms with Gasteiger partial charge in [-0.25, -0.2) is 9.37 Å². The SMILES string of the molecule is C=C/C(=C\C(=C/C)C(=C)/C(F)=c1/c(-c2nc3c(-c4ccncc4)cccc3[nH]2)n[nH]/c1=C/C)NC(=C)CC(C)C. The van der Waals surface area contributed by atoms with Gasteiger partial charge in [0.25, 0.3) is 0 Å². The summed E-state index contributed by atoms with van der Waals surface area (Å²) in [6.45, 7) is 20.0. The van der Waals surface area contributed by atoms with Gasteiger partial charge in [-0.1, -0.05) is 57.9 Å². The van der Waals surface area contributed by atoms with E-state index in [1.807, 2.05) is 56.3 Å². The Labute approximate surface area is 234 Å². The summed E-state index contributed by atoms with van der Waals surface area (Å²) in [7, 11) is 0. The summed E-state index contributed by atoms with van der Waals surface area (Å²) in [6, 6.07) is 9.76. The second-order valence-corrected chi connectivity index (χ2v) is 9.84. The van der Waals surface area contributed by atoms with Crippen LogP contribution in [0.1, 0.15) is 34.1 Å². The topological polar surface area (TPSA) is 82.3 Å². The number of nitrogens with one attached hydrogen (secondary N) is 3. The zero-order valence-corrected chi connectivity index (χ0v) is 23.5. The highest BCUT2D eigenvalue weighted by Gasteiger charge is 2.18. The van der Waals surface area contributed by atoms with Gasteiger partial charge in [-0.3, -0.25) is 10.1 Å². The Morgan fingerprint density at radius 2 is 1.88 bits per heavy atom. The third-order valence-corrected chi connectivity index (χ3v) is 6.46. The van der Waals surface area contributed by atoms with Gasteiger partial charge in [0.05, 0.1) is 21.6 Å². The van der Waals surface area contributed by atoms with E-state index in [4.69, 9.17) is 4.98 Å². The molecule has 1 aromatic carbocycles. The summed E-state index contributed by atoms with van der Waals surface area (Å²) >= 11 is 0. The monoisotopic (exact) mass is 534 g/mol. The number of hydrogen-bond acceptors (Lipinski definition) is 4. The molecule has 0 aliphatic heterocycles. The molecule has 0 saturated heterocycles. The molecule has 0 atom stereocenters. The number of allylic oxidation sites excluding steroid dienone is 6. The molecule has 7 heteroatoms. The number of fused-ring (bicyclic) bond motifs is 1. The van der Waals surface area contributed by atoms with Crippen molar-refractivity contribution in [3.8, 4) is 22.6 Å². The zero-order valence-electron chi connectivity index (χ0n) is 23.5. The van der Waals surface area contributed by atoms with Crippen molar-refractivity contribution in [2.45, 2.75) is 34.1 Å². The zero-order chi connectivity index (χ0) is 28.8. The molecule has 3 N–H and O–H groups in total. The molecule has 0 amide bonds. The molecule has 0 spiro atoms. The first kappa shape index (κ1) is 28.2. The molecule has 40 heavy (non-hydrogen) atoms. The second-order valence-electron chi connectivity index (χ2n) is 9.84. The second kappa shape index (κ2) is 12.4. The maximum absolute atomic E-state index is 16.3. The summed E-state index contributed by atoms with van der Waals surface area (Å²) in [5, 5.41) is 11.5. The smallest absolute Gasteiger partial charge is 0.159 e. The highest BCUT2D eigenvalue weighted by Crippen LogP contribution is 2.29. The van der Waals surface area contributed by atoms with Gasteiger partial charge in [0.2, 0.25) is 0 Å². The van der Waals surface area contributed by atoms with Crippen molar-refractivity contribution < 1.29 is 4.39 Å². The van der Waals surface area contributed by atoms with E-state index in [-0.39, 0.29) is 5.57 Å². The normalized spacial score (nSPS) is 13.6. The maximum Gasteiger partial charge on any atom is 0.159 e. The van der Waals surface area contributed by atoms with Crippen LogP contribution in [0.25, 0.3) is 45.6 Å². The van der Waals surface area contributed by atoms with Gasteiger partial charge < -0.3 is 10.3 Å². The van der Waals surface area contributed by atoms with Gasteiger partial charge in [-0.05, 0) is 67.7 Å². The third kappa shape index (κ3) is 5.94. The van der Waals surface area contributed by atoms with Crippen LogP contribution in [0.3, 0.4) is 0 Å². The number of pyridine rings is 1. The predicted octanol–water partition coefficient (Wildman–Crippen LogP) is 6.61. The van der Waals surface area contributed by atoms with Crippen LogP contribution in [0, 0.1) is 5.92 Å². The van der Waals surface area contributed by atoms with Crippen LogP contribution >= 0.6 is 0 Å². The Kier molecular flexibility index (Phi) is 8.74. The van der Waals surface area contributed by atoms with E-state index in [2.05, 4.69) is 59.1 Å². The summed E-state index contributed by atoms with van der Waals surface area (Å²) < 4.78 is 16.3. The van der Waals surface area contributed by atoms with Crippen LogP contribution in [-0.2, 0) is 0 Å². The number of halogens is 1. The van der Waals surface area contributed by atoms with Gasteiger partial charge in [-0.15, -0.1) is 0 Å². The quantitative estimate of drug-likeness (QED) is 0.200. The molecular weight excluding hydrogens is 499 g/mol. The van der Waals surface area contributed by atoms with Gasteiger partial charge in [0.15, 0.2) is 5.82 Å². The van der Waals surface area contributed by atoms with Crippen LogP contribution < -0.4 is 15.9 Å². The molecule has 0 fully saturated rings. The summed E-state index contributed by atoms with van der Waals surface area (Å²) in [6.07, 6.45) is 11.4. The lowest BCUT2D eigenvalue weighted by molar-refractivity contribution is 0.622. The number of rotatable bonds is 10. The molecule has 0 aliphatic carbocycles. The van der Waals surface area contributed by atoms with Crippen LogP contribution in [0.5, 0.6) is 0 Å². The van der Waals surface area contributed by atoms with Crippen molar-refractivity contribution in [1.29, 1.82) is 0 Å². The largest absolute Gasteiger partial charge is 0.359 e. The van der Waals surface area contributed by atoms with Crippen LogP contribution in [0.4, 0.5) is 4.39 Å². The van der Waals surface area contributed by atoms with Crippen molar-refractivity contribution in [3.63, 3.8) is 0 Å². The Bertz CT molecular complexity index is 1750. The summed E-state index contributed by atoms with van der Waals surface area (Å²) in [4.78, 5) is 12.3. The average Bonchev–Trinajstić information content (AvgIpc) is 3.58. The molecule has 3 aromatic heterocycles. The van der Waals surface area contributed by atoms with Crippen molar-refractivity contribution in [2.75, 3.05) is 0 Å². The molecule has 6 nitrogen and oxygen atoms in total. The van der Waals surface area contributed by atoms with Crippen LogP contribution in [0.15, 0.2) is 103 Å². The Hall–Kier alpha value is -4.78. The predicted molar refractivity (Wildman–Crippen MR) is 164 cm³/mol. The molecule has 4 rings (SSSR count). The molecule has 204 valence electrons. The molecule has 0 saturated carbocycles. The van der Waals surface area contributed by atoms with Gasteiger partial charge in [-0.2, -0.15) is 5.10 Å². The highest BCUT2D eigenvalue weighted by atomic mass is 19.1. The maximum atomic E-state index is 16.3. The Morgan fingerprint density at radius 1 is 1.12 bits per heavy atom. The minimum absolute atomic E-state index is 0.220. The number of aromatic nitrogens is 5. The lowest BCUT2D eigenvalue weighted by Crippen LogP contribution is -2.26. The Morgan fingerprint density at radius 3 is 2.52 bits per heavy atom. The molecular formula is C33H35FN6. The van der Waals surface area contributed by atoms with Gasteiger partial charge in [0.1, 0.15) is 11.5 Å². The van der Waals surface area contributed by atoms with E-state index in [1.165, 1.54) is 0 Å². The van der Waals surface area contributed by atoms with E-state index < -0.39 is 5.83 Å². The van der Waals surface area contributed by atoms with Crippen LogP contribution in [-0.4, -0.2) is 25.1 Å². The fourth-order valence-corrected chi connectivity index (χ4v) is 4.55. The number of hydrogen-bond donors (Lipinski definition) is 3. The number of imidazole rings is 1. The fraction of sp³-hybridized carbons (Fsp3) is 0.182. The number of H-pyrrole nitrogens is 2. The molecule has 3 heterocycles. The van der Waals surface area contributed by atoms with Crippen molar-refractivity contribution in [1.82, 2.24) is 30.5 Å². The fourth-order valence-electron chi connectivity index (χ4n) is 4.55. The first-order valence-corrected chi connectivity index (χ1v) is 13.2. The van der Waals surface area contributed by atoms with Crippen molar-refractivity contribution >= 4 is 22.9 Å². The number of nitrogens with zero attached hydrogens (tertiary/aromatic N) is 3. The van der Waals surface area contributed by atoms with Gasteiger partial charge >= 0.3 is 0 Å². The number of aromatic amines is 2. The van der Waals surface area contributed by atoms with E-state index >= 15 is 4.39 Å². The van der Waals surface area contributed by atoms with E-state index in [1.54, 1.807) is 24.5 Å². The summed E-state index contributed by atoms with van der Waals surface area (Å²) in [5.74, 6) is 0.408. The minimum atomic E-state index is -0.500. The lowest BCUT2D eigenvalue weighted by Gasteiger charge is -2.13. The molecule has 4 aromatic rings. The third-order valence-electron chi connectivity index (χ3n) is 6.46. The Balaban J connectivity index is 1.80. The molecule has 0 radical (unpaired) electrons. The van der Waals surface area contributed by atoms with Crippen molar-refractivity contribution in [3.05, 3.63) is 114 Å². The number of para-hydroxylation sites is 1. The average molecular weight is 535 g/mol. The van der Waals surface area contributed by atoms with Crippen molar-refractivity contribution in [2.24, 2.45) is 5.92 Å². The first-order valence-electron chi connectivity index (χ1n) is 13.2. The lowest BCUT2D eigenvalue weighted by atomic mass is 10.0.